The highest BCUT2D eigenvalue weighted by atomic mass is 19.4. The first-order valence-corrected chi connectivity index (χ1v) is 5.73. The Morgan fingerprint density at radius 1 is 1.10 bits per heavy atom. The molecule has 0 spiro atoms. The molecule has 0 amide bonds. The van der Waals surface area contributed by atoms with Crippen LogP contribution in [0.2, 0.25) is 0 Å². The third kappa shape index (κ3) is 1.97. The maximum atomic E-state index is 13.0. The summed E-state index contributed by atoms with van der Waals surface area (Å²) in [4.78, 5) is 3.88. The Kier molecular flexibility index (Phi) is 2.63. The van der Waals surface area contributed by atoms with Crippen molar-refractivity contribution in [1.29, 1.82) is 0 Å². The van der Waals surface area contributed by atoms with Crippen LogP contribution in [-0.4, -0.2) is 14.6 Å². The van der Waals surface area contributed by atoms with Crippen LogP contribution in [-0.2, 0) is 6.18 Å². The zero-order valence-corrected chi connectivity index (χ0v) is 10.1. The molecule has 1 aromatic carbocycles. The van der Waals surface area contributed by atoms with Gasteiger partial charge in [0.05, 0.1) is 17.6 Å². The lowest BCUT2D eigenvalue weighted by Crippen LogP contribution is -2.16. The molecular weight excluding hydrogens is 269 g/mol. The molecule has 0 aliphatic heterocycles. The predicted octanol–water partition coefficient (Wildman–Crippen LogP) is 3.00. The number of hydrogen-bond acceptors (Lipinski definition) is 3. The lowest BCUT2D eigenvalue weighted by molar-refractivity contribution is -0.141. The van der Waals surface area contributed by atoms with Gasteiger partial charge in [0.15, 0.2) is 11.3 Å². The number of alkyl halides is 3. The number of nitrogens with zero attached hydrogens (tertiary/aromatic N) is 3. The van der Waals surface area contributed by atoms with E-state index in [0.717, 1.165) is 10.7 Å². The van der Waals surface area contributed by atoms with Crippen molar-refractivity contribution < 1.29 is 13.2 Å². The molecular formula is C13H9F3N4. The van der Waals surface area contributed by atoms with Crippen molar-refractivity contribution in [3.8, 4) is 11.3 Å². The van der Waals surface area contributed by atoms with Gasteiger partial charge in [-0.2, -0.15) is 18.3 Å². The molecule has 102 valence electrons. The molecule has 0 fully saturated rings. The fourth-order valence-electron chi connectivity index (χ4n) is 1.98. The average molecular weight is 278 g/mol. The molecule has 3 aromatic rings. The normalized spacial score (nSPS) is 11.9. The second-order valence-electron chi connectivity index (χ2n) is 4.23. The summed E-state index contributed by atoms with van der Waals surface area (Å²) in [6.45, 7) is 0. The Labute approximate surface area is 111 Å². The summed E-state index contributed by atoms with van der Waals surface area (Å²) < 4.78 is 39.8. The minimum atomic E-state index is -4.59. The van der Waals surface area contributed by atoms with Crippen molar-refractivity contribution >= 4 is 11.3 Å². The number of rotatable bonds is 1. The number of fused-ring (bicyclic) bond motifs is 1. The molecule has 20 heavy (non-hydrogen) atoms. The molecule has 7 heteroatoms. The molecule has 0 saturated heterocycles. The maximum Gasteiger partial charge on any atom is 0.435 e. The molecule has 0 aliphatic carbocycles. The van der Waals surface area contributed by atoms with Crippen molar-refractivity contribution in [1.82, 2.24) is 14.6 Å². The van der Waals surface area contributed by atoms with E-state index in [0.29, 0.717) is 11.3 Å². The van der Waals surface area contributed by atoms with Crippen LogP contribution in [0.1, 0.15) is 5.69 Å². The summed E-state index contributed by atoms with van der Waals surface area (Å²) in [5.41, 5.74) is 5.14. The van der Waals surface area contributed by atoms with Gasteiger partial charge in [-0.05, 0) is 0 Å². The van der Waals surface area contributed by atoms with Gasteiger partial charge in [-0.15, -0.1) is 0 Å². The third-order valence-electron chi connectivity index (χ3n) is 2.85. The second kappa shape index (κ2) is 4.22. The molecule has 0 radical (unpaired) electrons. The monoisotopic (exact) mass is 278 g/mol. The minimum Gasteiger partial charge on any atom is -0.396 e. The van der Waals surface area contributed by atoms with Crippen LogP contribution >= 0.6 is 0 Å². The number of benzene rings is 1. The van der Waals surface area contributed by atoms with Crippen LogP contribution in [0.15, 0.2) is 42.6 Å². The smallest absolute Gasteiger partial charge is 0.396 e. The lowest BCUT2D eigenvalue weighted by Gasteiger charge is -2.10. The molecule has 2 aromatic heterocycles. The third-order valence-corrected chi connectivity index (χ3v) is 2.85. The van der Waals surface area contributed by atoms with Crippen molar-refractivity contribution in [2.24, 2.45) is 0 Å². The van der Waals surface area contributed by atoms with Gasteiger partial charge in [0, 0.05) is 11.6 Å². The topological polar surface area (TPSA) is 56.2 Å². The number of hydrogen-bond donors (Lipinski definition) is 1. The Balaban J connectivity index is 2.27. The van der Waals surface area contributed by atoms with E-state index in [2.05, 4.69) is 10.1 Å². The first kappa shape index (κ1) is 12.5. The predicted molar refractivity (Wildman–Crippen MR) is 67.8 cm³/mol. The van der Waals surface area contributed by atoms with Crippen molar-refractivity contribution in [2.75, 3.05) is 5.73 Å². The van der Waals surface area contributed by atoms with Gasteiger partial charge in [-0.3, -0.25) is 0 Å². The Morgan fingerprint density at radius 2 is 1.80 bits per heavy atom. The van der Waals surface area contributed by atoms with Gasteiger partial charge >= 0.3 is 6.18 Å². The standard InChI is InChI=1S/C13H9F3N4/c14-13(15,16)12-9(17)7-18-11-6-10(19-20(11)12)8-4-2-1-3-5-8/h1-7H,17H2. The number of halogens is 3. The van der Waals surface area contributed by atoms with Gasteiger partial charge in [-0.25, -0.2) is 9.50 Å². The van der Waals surface area contributed by atoms with Gasteiger partial charge in [0.1, 0.15) is 0 Å². The van der Waals surface area contributed by atoms with Gasteiger partial charge < -0.3 is 5.73 Å². The Bertz CT molecular complexity index is 762. The number of aromatic nitrogens is 3. The summed E-state index contributed by atoms with van der Waals surface area (Å²) >= 11 is 0. The SMILES string of the molecule is Nc1cnc2cc(-c3ccccc3)nn2c1C(F)(F)F. The highest BCUT2D eigenvalue weighted by Gasteiger charge is 2.37. The van der Waals surface area contributed by atoms with E-state index < -0.39 is 17.6 Å². The van der Waals surface area contributed by atoms with Crippen LogP contribution in [0, 0.1) is 0 Å². The molecule has 4 nitrogen and oxygen atoms in total. The van der Waals surface area contributed by atoms with E-state index in [4.69, 9.17) is 5.73 Å². The summed E-state index contributed by atoms with van der Waals surface area (Å²) in [5.74, 6) is 0. The fourth-order valence-corrected chi connectivity index (χ4v) is 1.98. The zero-order valence-electron chi connectivity index (χ0n) is 10.1. The minimum absolute atomic E-state index is 0.102. The lowest BCUT2D eigenvalue weighted by atomic mass is 10.2. The molecule has 2 heterocycles. The molecule has 0 saturated carbocycles. The number of nitrogen functional groups attached to an aromatic ring is 1. The van der Waals surface area contributed by atoms with E-state index in [9.17, 15) is 13.2 Å². The van der Waals surface area contributed by atoms with Crippen molar-refractivity contribution in [2.45, 2.75) is 6.18 Å². The van der Waals surface area contributed by atoms with Gasteiger partial charge in [0.2, 0.25) is 0 Å². The van der Waals surface area contributed by atoms with E-state index in [1.165, 1.54) is 6.07 Å². The molecule has 2 N–H and O–H groups in total. The van der Waals surface area contributed by atoms with Gasteiger partial charge in [-0.1, -0.05) is 30.3 Å². The van der Waals surface area contributed by atoms with E-state index in [1.807, 2.05) is 6.07 Å². The maximum absolute atomic E-state index is 13.0. The molecule has 0 aliphatic rings. The first-order valence-electron chi connectivity index (χ1n) is 5.73. The Hall–Kier alpha value is -2.57. The summed E-state index contributed by atoms with van der Waals surface area (Å²) in [6, 6.07) is 10.4. The zero-order chi connectivity index (χ0) is 14.3. The quantitative estimate of drug-likeness (QED) is 0.744. The first-order chi connectivity index (χ1) is 9.47. The van der Waals surface area contributed by atoms with E-state index in [-0.39, 0.29) is 5.65 Å². The summed E-state index contributed by atoms with van der Waals surface area (Å²) in [7, 11) is 0. The summed E-state index contributed by atoms with van der Waals surface area (Å²) in [6.07, 6.45) is -3.60. The van der Waals surface area contributed by atoms with Crippen molar-refractivity contribution in [3.63, 3.8) is 0 Å². The highest BCUT2D eigenvalue weighted by Crippen LogP contribution is 2.34. The van der Waals surface area contributed by atoms with Crippen LogP contribution in [0.5, 0.6) is 0 Å². The summed E-state index contributed by atoms with van der Waals surface area (Å²) in [5, 5.41) is 3.96. The molecule has 3 rings (SSSR count). The fraction of sp³-hybridized carbons (Fsp3) is 0.0769. The van der Waals surface area contributed by atoms with Crippen LogP contribution in [0.25, 0.3) is 16.9 Å². The van der Waals surface area contributed by atoms with Crippen LogP contribution in [0.4, 0.5) is 18.9 Å². The van der Waals surface area contributed by atoms with Crippen LogP contribution < -0.4 is 5.73 Å². The number of nitrogens with two attached hydrogens (primary N) is 1. The van der Waals surface area contributed by atoms with Gasteiger partial charge in [0.25, 0.3) is 0 Å². The molecule has 0 bridgehead atoms. The molecule has 0 atom stereocenters. The highest BCUT2D eigenvalue weighted by molar-refractivity contribution is 5.65. The van der Waals surface area contributed by atoms with Crippen molar-refractivity contribution in [3.05, 3.63) is 48.3 Å². The average Bonchev–Trinajstić information content (AvgIpc) is 2.81. The largest absolute Gasteiger partial charge is 0.435 e. The molecule has 0 unspecified atom stereocenters. The van der Waals surface area contributed by atoms with E-state index >= 15 is 0 Å². The van der Waals surface area contributed by atoms with E-state index in [1.54, 1.807) is 24.3 Å². The van der Waals surface area contributed by atoms with Crippen LogP contribution in [0.3, 0.4) is 0 Å². The Morgan fingerprint density at radius 3 is 2.45 bits per heavy atom. The second-order valence-corrected chi connectivity index (χ2v) is 4.23. The number of anilines is 1.